The first-order chi connectivity index (χ1) is 14.6. The maximum absolute atomic E-state index is 13.1. The lowest BCUT2D eigenvalue weighted by molar-refractivity contribution is 0.267. The molecule has 0 aliphatic rings. The molecule has 3 aromatic carbocycles. The molecule has 4 nitrogen and oxygen atoms in total. The molecule has 0 aliphatic heterocycles. The van der Waals surface area contributed by atoms with Crippen molar-refractivity contribution in [1.82, 2.24) is 5.32 Å². The van der Waals surface area contributed by atoms with E-state index in [-0.39, 0.29) is 5.82 Å². The number of benzene rings is 3. The zero-order chi connectivity index (χ0) is 21.3. The molecule has 0 aromatic heterocycles. The molecular formula is C24H25BrFNO3. The van der Waals surface area contributed by atoms with Gasteiger partial charge in [0, 0.05) is 13.1 Å². The fourth-order valence-corrected chi connectivity index (χ4v) is 3.56. The molecule has 0 heterocycles. The molecular weight excluding hydrogens is 449 g/mol. The van der Waals surface area contributed by atoms with Gasteiger partial charge in [0.2, 0.25) is 0 Å². The summed E-state index contributed by atoms with van der Waals surface area (Å²) < 4.78 is 30.9. The van der Waals surface area contributed by atoms with Crippen molar-refractivity contribution in [1.29, 1.82) is 0 Å². The van der Waals surface area contributed by atoms with Crippen LogP contribution in [0.1, 0.15) is 23.6 Å². The molecule has 0 saturated carbocycles. The van der Waals surface area contributed by atoms with Crippen LogP contribution in [0.15, 0.2) is 65.1 Å². The number of rotatable bonds is 10. The quantitative estimate of drug-likeness (QED) is 0.400. The average Bonchev–Trinajstić information content (AvgIpc) is 2.75. The molecule has 0 amide bonds. The molecule has 0 spiro atoms. The van der Waals surface area contributed by atoms with Gasteiger partial charge in [-0.25, -0.2) is 4.39 Å². The van der Waals surface area contributed by atoms with Crippen molar-refractivity contribution in [2.45, 2.75) is 26.6 Å². The van der Waals surface area contributed by atoms with Gasteiger partial charge < -0.3 is 19.5 Å². The van der Waals surface area contributed by atoms with E-state index in [9.17, 15) is 4.39 Å². The van der Waals surface area contributed by atoms with Gasteiger partial charge in [0.05, 0.1) is 18.2 Å². The highest BCUT2D eigenvalue weighted by molar-refractivity contribution is 9.10. The van der Waals surface area contributed by atoms with Crippen molar-refractivity contribution >= 4 is 15.9 Å². The average molecular weight is 474 g/mol. The fourth-order valence-electron chi connectivity index (χ4n) is 2.96. The molecule has 0 aliphatic carbocycles. The molecule has 3 rings (SSSR count). The normalized spacial score (nSPS) is 10.7. The first-order valence-corrected chi connectivity index (χ1v) is 10.5. The number of hydrogen-bond donors (Lipinski definition) is 1. The van der Waals surface area contributed by atoms with Crippen molar-refractivity contribution in [3.05, 3.63) is 87.6 Å². The Hall–Kier alpha value is -2.57. The largest absolute Gasteiger partial charge is 0.497 e. The molecule has 30 heavy (non-hydrogen) atoms. The summed E-state index contributed by atoms with van der Waals surface area (Å²) in [6, 6.07) is 18.3. The Balaban J connectivity index is 1.64. The SMILES string of the molecule is CCOc1cc(CNCc2ccc(OC)cc2)cc(Br)c1OCc1ccc(F)cc1. The van der Waals surface area contributed by atoms with Crippen LogP contribution in [0.2, 0.25) is 0 Å². The summed E-state index contributed by atoms with van der Waals surface area (Å²) in [5.74, 6) is 1.90. The van der Waals surface area contributed by atoms with Crippen LogP contribution in [-0.2, 0) is 19.7 Å². The summed E-state index contributed by atoms with van der Waals surface area (Å²) >= 11 is 3.60. The molecule has 0 fully saturated rings. The van der Waals surface area contributed by atoms with Gasteiger partial charge in [-0.3, -0.25) is 0 Å². The Bertz CT molecular complexity index is 946. The van der Waals surface area contributed by atoms with Crippen LogP contribution < -0.4 is 19.5 Å². The minimum atomic E-state index is -0.263. The van der Waals surface area contributed by atoms with Crippen LogP contribution in [0.5, 0.6) is 17.2 Å². The summed E-state index contributed by atoms with van der Waals surface area (Å²) in [5.41, 5.74) is 3.14. The molecule has 0 saturated heterocycles. The lowest BCUT2D eigenvalue weighted by Crippen LogP contribution is -2.13. The van der Waals surface area contributed by atoms with Crippen molar-refractivity contribution in [3.63, 3.8) is 0 Å². The van der Waals surface area contributed by atoms with Gasteiger partial charge in [0.25, 0.3) is 0 Å². The summed E-state index contributed by atoms with van der Waals surface area (Å²) in [6.07, 6.45) is 0. The molecule has 0 atom stereocenters. The third-order valence-corrected chi connectivity index (χ3v) is 5.07. The van der Waals surface area contributed by atoms with Gasteiger partial charge in [0.15, 0.2) is 11.5 Å². The van der Waals surface area contributed by atoms with Gasteiger partial charge in [-0.1, -0.05) is 24.3 Å². The van der Waals surface area contributed by atoms with Crippen LogP contribution >= 0.6 is 15.9 Å². The molecule has 0 radical (unpaired) electrons. The second-order valence-electron chi connectivity index (χ2n) is 6.70. The predicted octanol–water partition coefficient (Wildman–Crippen LogP) is 5.86. The summed E-state index contributed by atoms with van der Waals surface area (Å²) in [5, 5.41) is 3.44. The minimum absolute atomic E-state index is 0.263. The number of halogens is 2. The second-order valence-corrected chi connectivity index (χ2v) is 7.56. The van der Waals surface area contributed by atoms with E-state index in [1.165, 1.54) is 17.7 Å². The minimum Gasteiger partial charge on any atom is -0.497 e. The van der Waals surface area contributed by atoms with E-state index >= 15 is 0 Å². The van der Waals surface area contributed by atoms with Gasteiger partial charge >= 0.3 is 0 Å². The highest BCUT2D eigenvalue weighted by Gasteiger charge is 2.13. The van der Waals surface area contributed by atoms with Gasteiger partial charge in [-0.05, 0) is 75.9 Å². The van der Waals surface area contributed by atoms with Crippen LogP contribution in [0.4, 0.5) is 4.39 Å². The number of methoxy groups -OCH3 is 1. The van der Waals surface area contributed by atoms with Crippen LogP contribution in [0, 0.1) is 5.82 Å². The van der Waals surface area contributed by atoms with E-state index in [0.29, 0.717) is 31.3 Å². The first-order valence-electron chi connectivity index (χ1n) is 9.75. The van der Waals surface area contributed by atoms with Gasteiger partial charge in [-0.15, -0.1) is 0 Å². The number of hydrogen-bond acceptors (Lipinski definition) is 4. The first kappa shape index (κ1) is 22.1. The topological polar surface area (TPSA) is 39.7 Å². The zero-order valence-electron chi connectivity index (χ0n) is 17.1. The third kappa shape index (κ3) is 6.21. The lowest BCUT2D eigenvalue weighted by atomic mass is 10.1. The standard InChI is InChI=1S/C24H25BrFNO3/c1-3-29-23-13-19(15-27-14-17-6-10-21(28-2)11-7-17)12-22(25)24(23)30-16-18-4-8-20(26)9-5-18/h4-13,27H,3,14-16H2,1-2H3. The van der Waals surface area contributed by atoms with Crippen molar-refractivity contribution in [2.24, 2.45) is 0 Å². The second kappa shape index (κ2) is 11.0. The third-order valence-electron chi connectivity index (χ3n) is 4.48. The van der Waals surface area contributed by atoms with Gasteiger partial charge in [0.1, 0.15) is 18.2 Å². The van der Waals surface area contributed by atoms with E-state index in [1.807, 2.05) is 43.3 Å². The van der Waals surface area contributed by atoms with E-state index in [2.05, 4.69) is 21.2 Å². The van der Waals surface area contributed by atoms with E-state index in [0.717, 1.165) is 27.9 Å². The monoisotopic (exact) mass is 473 g/mol. The van der Waals surface area contributed by atoms with Crippen molar-refractivity contribution in [2.75, 3.05) is 13.7 Å². The Morgan fingerprint density at radius 1 is 0.867 bits per heavy atom. The van der Waals surface area contributed by atoms with E-state index < -0.39 is 0 Å². The molecule has 3 aromatic rings. The highest BCUT2D eigenvalue weighted by Crippen LogP contribution is 2.37. The summed E-state index contributed by atoms with van der Waals surface area (Å²) in [7, 11) is 1.66. The Morgan fingerprint density at radius 2 is 1.53 bits per heavy atom. The Morgan fingerprint density at radius 3 is 2.20 bits per heavy atom. The molecule has 0 unspecified atom stereocenters. The molecule has 158 valence electrons. The smallest absolute Gasteiger partial charge is 0.175 e. The molecule has 0 bridgehead atoms. The Labute approximate surface area is 185 Å². The maximum atomic E-state index is 13.1. The predicted molar refractivity (Wildman–Crippen MR) is 120 cm³/mol. The van der Waals surface area contributed by atoms with Crippen molar-refractivity contribution in [3.8, 4) is 17.2 Å². The fraction of sp³-hybridized carbons (Fsp3) is 0.250. The van der Waals surface area contributed by atoms with Crippen LogP contribution in [0.3, 0.4) is 0 Å². The lowest BCUT2D eigenvalue weighted by Gasteiger charge is -2.16. The highest BCUT2D eigenvalue weighted by atomic mass is 79.9. The molecule has 1 N–H and O–H groups in total. The van der Waals surface area contributed by atoms with E-state index in [4.69, 9.17) is 14.2 Å². The van der Waals surface area contributed by atoms with Crippen LogP contribution in [-0.4, -0.2) is 13.7 Å². The van der Waals surface area contributed by atoms with Crippen molar-refractivity contribution < 1.29 is 18.6 Å². The number of ether oxygens (including phenoxy) is 3. The molecule has 6 heteroatoms. The zero-order valence-corrected chi connectivity index (χ0v) is 18.7. The maximum Gasteiger partial charge on any atom is 0.175 e. The Kier molecular flexibility index (Phi) is 8.11. The van der Waals surface area contributed by atoms with E-state index in [1.54, 1.807) is 19.2 Å². The van der Waals surface area contributed by atoms with Gasteiger partial charge in [-0.2, -0.15) is 0 Å². The number of nitrogens with one attached hydrogen (secondary N) is 1. The summed E-state index contributed by atoms with van der Waals surface area (Å²) in [6.45, 7) is 4.22. The van der Waals surface area contributed by atoms with Crippen LogP contribution in [0.25, 0.3) is 0 Å². The summed E-state index contributed by atoms with van der Waals surface area (Å²) in [4.78, 5) is 0.